The fourth-order valence-electron chi connectivity index (χ4n) is 2.10. The van der Waals surface area contributed by atoms with E-state index in [0.717, 1.165) is 16.7 Å². The van der Waals surface area contributed by atoms with Crippen LogP contribution >= 0.6 is 22.9 Å². The molecule has 2 heterocycles. The first-order chi connectivity index (χ1) is 8.79. The molecule has 0 saturated heterocycles. The number of furan rings is 1. The quantitative estimate of drug-likeness (QED) is 0.765. The standard InChI is InChI=1S/C14H12ClNOS/c1-16-13(10-5-6-18-8-10)12-7-9-3-2-4-11(15)14(9)17-12/h2-8,13,16H,1H3. The molecule has 1 N–H and O–H groups in total. The first-order valence-corrected chi connectivity index (χ1v) is 6.99. The first-order valence-electron chi connectivity index (χ1n) is 5.67. The van der Waals surface area contributed by atoms with Gasteiger partial charge in [0.25, 0.3) is 0 Å². The van der Waals surface area contributed by atoms with Crippen LogP contribution in [0.15, 0.2) is 45.5 Å². The van der Waals surface area contributed by atoms with E-state index in [1.165, 1.54) is 5.56 Å². The minimum absolute atomic E-state index is 0.0692. The summed E-state index contributed by atoms with van der Waals surface area (Å²) in [7, 11) is 1.93. The second-order valence-electron chi connectivity index (χ2n) is 4.09. The van der Waals surface area contributed by atoms with Gasteiger partial charge in [0, 0.05) is 5.39 Å². The molecule has 3 rings (SSSR count). The van der Waals surface area contributed by atoms with E-state index in [1.807, 2.05) is 31.3 Å². The van der Waals surface area contributed by atoms with E-state index in [1.54, 1.807) is 11.3 Å². The molecule has 0 fully saturated rings. The summed E-state index contributed by atoms with van der Waals surface area (Å²) in [6.07, 6.45) is 0. The molecule has 0 bridgehead atoms. The molecular weight excluding hydrogens is 266 g/mol. The maximum absolute atomic E-state index is 6.13. The molecule has 0 radical (unpaired) electrons. The smallest absolute Gasteiger partial charge is 0.152 e. The van der Waals surface area contributed by atoms with E-state index < -0.39 is 0 Å². The van der Waals surface area contributed by atoms with Crippen molar-refractivity contribution in [3.05, 3.63) is 57.4 Å². The largest absolute Gasteiger partial charge is 0.457 e. The minimum Gasteiger partial charge on any atom is -0.457 e. The van der Waals surface area contributed by atoms with Crippen molar-refractivity contribution in [3.63, 3.8) is 0 Å². The third-order valence-corrected chi connectivity index (χ3v) is 3.96. The van der Waals surface area contributed by atoms with Crippen molar-refractivity contribution >= 4 is 33.9 Å². The van der Waals surface area contributed by atoms with Crippen molar-refractivity contribution in [1.82, 2.24) is 5.32 Å². The molecule has 2 aromatic heterocycles. The number of hydrogen-bond acceptors (Lipinski definition) is 3. The summed E-state index contributed by atoms with van der Waals surface area (Å²) in [5.74, 6) is 0.888. The van der Waals surface area contributed by atoms with Crippen LogP contribution in [0, 0.1) is 0 Å². The van der Waals surface area contributed by atoms with E-state index in [-0.39, 0.29) is 6.04 Å². The highest BCUT2D eigenvalue weighted by molar-refractivity contribution is 7.08. The van der Waals surface area contributed by atoms with Crippen LogP contribution in [0.25, 0.3) is 11.0 Å². The van der Waals surface area contributed by atoms with Gasteiger partial charge in [-0.15, -0.1) is 0 Å². The van der Waals surface area contributed by atoms with Crippen LogP contribution in [0.1, 0.15) is 17.4 Å². The molecular formula is C14H12ClNOS. The second kappa shape index (κ2) is 4.76. The molecule has 0 aliphatic carbocycles. The summed E-state index contributed by atoms with van der Waals surface area (Å²) in [6.45, 7) is 0. The molecule has 3 aromatic rings. The molecule has 2 nitrogen and oxygen atoms in total. The summed E-state index contributed by atoms with van der Waals surface area (Å²) in [6, 6.07) is 9.99. The number of nitrogens with one attached hydrogen (secondary N) is 1. The Morgan fingerprint density at radius 1 is 1.33 bits per heavy atom. The number of para-hydroxylation sites is 1. The fraction of sp³-hybridized carbons (Fsp3) is 0.143. The van der Waals surface area contributed by atoms with E-state index in [4.69, 9.17) is 16.0 Å². The van der Waals surface area contributed by atoms with Crippen molar-refractivity contribution in [2.45, 2.75) is 6.04 Å². The molecule has 0 amide bonds. The van der Waals surface area contributed by atoms with Gasteiger partial charge in [0.2, 0.25) is 0 Å². The molecule has 0 aliphatic rings. The lowest BCUT2D eigenvalue weighted by Gasteiger charge is -2.11. The van der Waals surface area contributed by atoms with Crippen molar-refractivity contribution in [2.24, 2.45) is 0 Å². The van der Waals surface area contributed by atoms with Gasteiger partial charge in [0.1, 0.15) is 5.76 Å². The number of rotatable bonds is 3. The lowest BCUT2D eigenvalue weighted by Crippen LogP contribution is -2.16. The van der Waals surface area contributed by atoms with Crippen molar-refractivity contribution in [3.8, 4) is 0 Å². The number of hydrogen-bond donors (Lipinski definition) is 1. The van der Waals surface area contributed by atoms with Gasteiger partial charge >= 0.3 is 0 Å². The lowest BCUT2D eigenvalue weighted by atomic mass is 10.1. The monoisotopic (exact) mass is 277 g/mol. The van der Waals surface area contributed by atoms with Crippen molar-refractivity contribution < 1.29 is 4.42 Å². The number of fused-ring (bicyclic) bond motifs is 1. The van der Waals surface area contributed by atoms with Gasteiger partial charge in [-0.25, -0.2) is 0 Å². The van der Waals surface area contributed by atoms with Crippen LogP contribution in [0.3, 0.4) is 0 Å². The maximum atomic E-state index is 6.13. The van der Waals surface area contributed by atoms with Gasteiger partial charge in [-0.05, 0) is 41.6 Å². The van der Waals surface area contributed by atoms with Crippen LogP contribution in [-0.4, -0.2) is 7.05 Å². The number of benzene rings is 1. The van der Waals surface area contributed by atoms with Gasteiger partial charge in [-0.1, -0.05) is 23.7 Å². The topological polar surface area (TPSA) is 25.2 Å². The Labute approximate surface area is 114 Å². The molecule has 0 spiro atoms. The number of thiophene rings is 1. The predicted octanol–water partition coefficient (Wildman–Crippen LogP) is 4.46. The van der Waals surface area contributed by atoms with E-state index >= 15 is 0 Å². The molecule has 1 atom stereocenters. The third kappa shape index (κ3) is 1.94. The van der Waals surface area contributed by atoms with Crippen LogP contribution in [0.4, 0.5) is 0 Å². The first kappa shape index (κ1) is 11.8. The summed E-state index contributed by atoms with van der Waals surface area (Å²) in [5, 5.41) is 9.14. The molecule has 92 valence electrons. The van der Waals surface area contributed by atoms with Gasteiger partial charge < -0.3 is 9.73 Å². The highest BCUT2D eigenvalue weighted by Gasteiger charge is 2.17. The Kier molecular flexibility index (Phi) is 3.12. The minimum atomic E-state index is 0.0692. The van der Waals surface area contributed by atoms with Gasteiger partial charge in [-0.2, -0.15) is 11.3 Å². The molecule has 0 saturated carbocycles. The Morgan fingerprint density at radius 3 is 2.89 bits per heavy atom. The molecule has 4 heteroatoms. The lowest BCUT2D eigenvalue weighted by molar-refractivity contribution is 0.492. The summed E-state index contributed by atoms with van der Waals surface area (Å²) >= 11 is 7.81. The van der Waals surface area contributed by atoms with Gasteiger partial charge in [-0.3, -0.25) is 0 Å². The summed E-state index contributed by atoms with van der Waals surface area (Å²) in [4.78, 5) is 0. The maximum Gasteiger partial charge on any atom is 0.152 e. The SMILES string of the molecule is CNC(c1ccsc1)c1cc2cccc(Cl)c2o1. The third-order valence-electron chi connectivity index (χ3n) is 2.96. The zero-order valence-corrected chi connectivity index (χ0v) is 11.4. The Balaban J connectivity index is 2.11. The average molecular weight is 278 g/mol. The summed E-state index contributed by atoms with van der Waals surface area (Å²) in [5.41, 5.74) is 1.96. The predicted molar refractivity (Wildman–Crippen MR) is 76.4 cm³/mol. The molecule has 1 unspecified atom stereocenters. The Morgan fingerprint density at radius 2 is 2.22 bits per heavy atom. The second-order valence-corrected chi connectivity index (χ2v) is 5.27. The normalized spacial score (nSPS) is 13.0. The average Bonchev–Trinajstić information content (AvgIpc) is 3.00. The van der Waals surface area contributed by atoms with E-state index in [9.17, 15) is 0 Å². The van der Waals surface area contributed by atoms with Crippen molar-refractivity contribution in [1.29, 1.82) is 0 Å². The van der Waals surface area contributed by atoms with Crippen LogP contribution in [-0.2, 0) is 0 Å². The molecule has 0 aliphatic heterocycles. The zero-order chi connectivity index (χ0) is 12.5. The highest BCUT2D eigenvalue weighted by atomic mass is 35.5. The zero-order valence-electron chi connectivity index (χ0n) is 9.81. The van der Waals surface area contributed by atoms with Gasteiger partial charge in [0.05, 0.1) is 11.1 Å². The Bertz CT molecular complexity index is 660. The van der Waals surface area contributed by atoms with E-state index in [0.29, 0.717) is 5.02 Å². The molecule has 18 heavy (non-hydrogen) atoms. The van der Waals surface area contributed by atoms with Gasteiger partial charge in [0.15, 0.2) is 5.58 Å². The Hall–Kier alpha value is -1.29. The molecule has 1 aromatic carbocycles. The van der Waals surface area contributed by atoms with Crippen LogP contribution in [0.5, 0.6) is 0 Å². The van der Waals surface area contributed by atoms with E-state index in [2.05, 4.69) is 22.1 Å². The number of halogens is 1. The fourth-order valence-corrected chi connectivity index (χ4v) is 3.01. The van der Waals surface area contributed by atoms with Crippen LogP contribution in [0.2, 0.25) is 5.02 Å². The summed E-state index contributed by atoms with van der Waals surface area (Å²) < 4.78 is 5.89. The van der Waals surface area contributed by atoms with Crippen molar-refractivity contribution in [2.75, 3.05) is 7.05 Å². The van der Waals surface area contributed by atoms with Crippen LogP contribution < -0.4 is 5.32 Å². The highest BCUT2D eigenvalue weighted by Crippen LogP contribution is 2.32.